The molecule has 0 heterocycles. The van der Waals surface area contributed by atoms with Crippen LogP contribution in [0.25, 0.3) is 0 Å². The third-order valence-electron chi connectivity index (χ3n) is 2.87. The normalized spacial score (nSPS) is 20.2. The summed E-state index contributed by atoms with van der Waals surface area (Å²) < 4.78 is 10.1. The lowest BCUT2D eigenvalue weighted by molar-refractivity contribution is -0.402. The molecule has 112 valence electrons. The molecule has 1 aliphatic carbocycles. The van der Waals surface area contributed by atoms with Crippen molar-refractivity contribution < 1.29 is 24.0 Å². The summed E-state index contributed by atoms with van der Waals surface area (Å²) in [6.07, 6.45) is 1.41. The van der Waals surface area contributed by atoms with Crippen LogP contribution in [-0.4, -0.2) is 29.1 Å². The van der Waals surface area contributed by atoms with Crippen LogP contribution in [0.4, 0.5) is 0 Å². The molecule has 1 saturated carbocycles. The lowest BCUT2D eigenvalue weighted by atomic mass is 10.0. The molecule has 0 aromatic rings. The molecule has 0 aromatic carbocycles. The molecule has 0 N–H and O–H groups in total. The van der Waals surface area contributed by atoms with Gasteiger partial charge in [0.2, 0.25) is 6.20 Å². The van der Waals surface area contributed by atoms with Crippen LogP contribution in [0.3, 0.4) is 0 Å². The highest BCUT2D eigenvalue weighted by atomic mass is 16.6. The van der Waals surface area contributed by atoms with Crippen molar-refractivity contribution in [3.05, 3.63) is 22.4 Å². The maximum atomic E-state index is 12.1. The van der Waals surface area contributed by atoms with Crippen LogP contribution in [0.15, 0.2) is 12.3 Å². The highest BCUT2D eigenvalue weighted by Crippen LogP contribution is 2.55. The van der Waals surface area contributed by atoms with Crippen LogP contribution in [0.2, 0.25) is 0 Å². The number of hydrogen-bond donors (Lipinski definition) is 0. The van der Waals surface area contributed by atoms with Crippen molar-refractivity contribution in [1.29, 1.82) is 0 Å². The summed E-state index contributed by atoms with van der Waals surface area (Å²) in [5, 5.41) is 10.3. The molecule has 0 aliphatic heterocycles. The minimum Gasteiger partial charge on any atom is -0.462 e. The average Bonchev–Trinajstić information content (AvgIpc) is 3.00. The molecule has 1 aliphatic rings. The number of carbonyl (C=O) groups excluding carboxylic acids is 2. The summed E-state index contributed by atoms with van der Waals surface area (Å²) in [5.41, 5.74) is -1.43. The highest BCUT2D eigenvalue weighted by Gasteiger charge is 2.67. The standard InChI is InChI=1S/C13H19NO6/c1-8(2)19-11(15)13(12(16)20-9(3)4)7-10(13)5-6-14(17)18/h5-6,8-10H,7H2,1-4H3/b6-5+. The molecule has 0 radical (unpaired) electrons. The fourth-order valence-electron chi connectivity index (χ4n) is 1.89. The number of hydrogen-bond acceptors (Lipinski definition) is 6. The van der Waals surface area contributed by atoms with Gasteiger partial charge in [-0.15, -0.1) is 0 Å². The van der Waals surface area contributed by atoms with E-state index in [2.05, 4.69) is 0 Å². The molecule has 0 amide bonds. The maximum Gasteiger partial charge on any atom is 0.324 e. The Morgan fingerprint density at radius 2 is 1.65 bits per heavy atom. The van der Waals surface area contributed by atoms with Crippen molar-refractivity contribution in [2.45, 2.75) is 46.3 Å². The summed E-state index contributed by atoms with van der Waals surface area (Å²) in [4.78, 5) is 33.9. The van der Waals surface area contributed by atoms with Gasteiger partial charge >= 0.3 is 11.9 Å². The molecule has 0 bridgehead atoms. The van der Waals surface area contributed by atoms with Crippen molar-refractivity contribution in [3.8, 4) is 0 Å². The predicted molar refractivity (Wildman–Crippen MR) is 69.1 cm³/mol. The molecular formula is C13H19NO6. The van der Waals surface area contributed by atoms with Crippen LogP contribution in [0, 0.1) is 21.4 Å². The van der Waals surface area contributed by atoms with Crippen molar-refractivity contribution >= 4 is 11.9 Å². The van der Waals surface area contributed by atoms with Gasteiger partial charge in [-0.25, -0.2) is 0 Å². The first kappa shape index (κ1) is 16.1. The van der Waals surface area contributed by atoms with Gasteiger partial charge in [0.1, 0.15) is 0 Å². The summed E-state index contributed by atoms with van der Waals surface area (Å²) in [6, 6.07) is 0. The topological polar surface area (TPSA) is 95.7 Å². The molecule has 7 heteroatoms. The molecular weight excluding hydrogens is 266 g/mol. The Kier molecular flexibility index (Phi) is 4.86. The Labute approximate surface area is 117 Å². The molecule has 1 rings (SSSR count). The summed E-state index contributed by atoms with van der Waals surface area (Å²) in [6.45, 7) is 6.68. The van der Waals surface area contributed by atoms with Gasteiger partial charge in [0.15, 0.2) is 5.41 Å². The summed E-state index contributed by atoms with van der Waals surface area (Å²) in [7, 11) is 0. The third kappa shape index (κ3) is 3.55. The Hall–Kier alpha value is -1.92. The Bertz CT molecular complexity index is 418. The Balaban J connectivity index is 2.90. The predicted octanol–water partition coefficient (Wildman–Crippen LogP) is 1.69. The molecule has 0 spiro atoms. The van der Waals surface area contributed by atoms with Crippen molar-refractivity contribution in [2.75, 3.05) is 0 Å². The van der Waals surface area contributed by atoms with E-state index in [0.29, 0.717) is 0 Å². The first-order chi connectivity index (χ1) is 9.20. The SMILES string of the molecule is CC(C)OC(=O)C1(C(=O)OC(C)C)CC1/C=C/[N+](=O)[O-]. The molecule has 1 unspecified atom stereocenters. The molecule has 1 atom stereocenters. The lowest BCUT2D eigenvalue weighted by Crippen LogP contribution is -2.34. The van der Waals surface area contributed by atoms with Gasteiger partial charge in [-0.05, 0) is 40.2 Å². The number of ether oxygens (including phenoxy) is 2. The van der Waals surface area contributed by atoms with E-state index in [1.807, 2.05) is 0 Å². The van der Waals surface area contributed by atoms with Gasteiger partial charge in [-0.1, -0.05) is 0 Å². The van der Waals surface area contributed by atoms with Crippen LogP contribution < -0.4 is 0 Å². The monoisotopic (exact) mass is 285 g/mol. The van der Waals surface area contributed by atoms with Crippen LogP contribution >= 0.6 is 0 Å². The number of nitro groups is 1. The van der Waals surface area contributed by atoms with Gasteiger partial charge < -0.3 is 9.47 Å². The van der Waals surface area contributed by atoms with E-state index < -0.39 is 28.2 Å². The third-order valence-corrected chi connectivity index (χ3v) is 2.87. The summed E-state index contributed by atoms with van der Waals surface area (Å²) >= 11 is 0. The smallest absolute Gasteiger partial charge is 0.324 e. The van der Waals surface area contributed by atoms with Crippen molar-refractivity contribution in [2.24, 2.45) is 11.3 Å². The maximum absolute atomic E-state index is 12.1. The first-order valence-electron chi connectivity index (χ1n) is 6.44. The van der Waals surface area contributed by atoms with E-state index in [1.54, 1.807) is 27.7 Å². The highest BCUT2D eigenvalue weighted by molar-refractivity contribution is 6.04. The van der Waals surface area contributed by atoms with Crippen molar-refractivity contribution in [1.82, 2.24) is 0 Å². The largest absolute Gasteiger partial charge is 0.462 e. The van der Waals surface area contributed by atoms with Gasteiger partial charge in [0.05, 0.1) is 17.1 Å². The first-order valence-corrected chi connectivity index (χ1v) is 6.44. The second-order valence-corrected chi connectivity index (χ2v) is 5.32. The van der Waals surface area contributed by atoms with Crippen LogP contribution in [-0.2, 0) is 19.1 Å². The van der Waals surface area contributed by atoms with E-state index in [-0.39, 0.29) is 18.6 Å². The fraction of sp³-hybridized carbons (Fsp3) is 0.692. The van der Waals surface area contributed by atoms with E-state index in [1.165, 1.54) is 6.08 Å². The van der Waals surface area contributed by atoms with E-state index in [0.717, 1.165) is 6.20 Å². The van der Waals surface area contributed by atoms with Gasteiger partial charge in [-0.2, -0.15) is 0 Å². The number of nitrogens with zero attached hydrogens (tertiary/aromatic N) is 1. The van der Waals surface area contributed by atoms with E-state index in [4.69, 9.17) is 9.47 Å². The number of carbonyl (C=O) groups is 2. The second-order valence-electron chi connectivity index (χ2n) is 5.32. The quantitative estimate of drug-likeness (QED) is 0.319. The fourth-order valence-corrected chi connectivity index (χ4v) is 1.89. The molecule has 20 heavy (non-hydrogen) atoms. The minimum absolute atomic E-state index is 0.175. The lowest BCUT2D eigenvalue weighted by Gasteiger charge is -2.18. The van der Waals surface area contributed by atoms with Crippen LogP contribution in [0.1, 0.15) is 34.1 Å². The number of allylic oxidation sites excluding steroid dienone is 1. The van der Waals surface area contributed by atoms with Gasteiger partial charge in [0, 0.05) is 5.92 Å². The Morgan fingerprint density at radius 1 is 1.20 bits per heavy atom. The van der Waals surface area contributed by atoms with Gasteiger partial charge in [-0.3, -0.25) is 19.7 Å². The Morgan fingerprint density at radius 3 is 2.00 bits per heavy atom. The van der Waals surface area contributed by atoms with Crippen LogP contribution in [0.5, 0.6) is 0 Å². The zero-order chi connectivity index (χ0) is 15.5. The number of rotatable bonds is 6. The molecule has 0 aromatic heterocycles. The molecule has 0 saturated heterocycles. The summed E-state index contributed by atoms with van der Waals surface area (Å²) in [5.74, 6) is -1.92. The number of esters is 2. The average molecular weight is 285 g/mol. The molecule has 1 fully saturated rings. The zero-order valence-corrected chi connectivity index (χ0v) is 12.0. The minimum atomic E-state index is -1.43. The second kappa shape index (κ2) is 6.02. The molecule has 7 nitrogen and oxygen atoms in total. The van der Waals surface area contributed by atoms with E-state index in [9.17, 15) is 19.7 Å². The van der Waals surface area contributed by atoms with E-state index >= 15 is 0 Å². The zero-order valence-electron chi connectivity index (χ0n) is 12.0. The van der Waals surface area contributed by atoms with Crippen molar-refractivity contribution in [3.63, 3.8) is 0 Å². The van der Waals surface area contributed by atoms with Gasteiger partial charge in [0.25, 0.3) is 0 Å².